The van der Waals surface area contributed by atoms with Crippen molar-refractivity contribution < 1.29 is 9.53 Å². The summed E-state index contributed by atoms with van der Waals surface area (Å²) in [6.45, 7) is 3.05. The van der Waals surface area contributed by atoms with Crippen LogP contribution in [0, 0.1) is 0 Å². The van der Waals surface area contributed by atoms with Crippen LogP contribution in [-0.2, 0) is 16.0 Å². The van der Waals surface area contributed by atoms with Gasteiger partial charge in [-0.1, -0.05) is 39.7 Å². The van der Waals surface area contributed by atoms with Crippen LogP contribution >= 0.6 is 27.5 Å². The number of nitrogens with one attached hydrogen (secondary N) is 1. The average Bonchev–Trinajstić information content (AvgIpc) is 2.58. The molecule has 1 saturated heterocycles. The van der Waals surface area contributed by atoms with Gasteiger partial charge in [-0.25, -0.2) is 0 Å². The molecule has 3 rings (SSSR count). The molecule has 1 aliphatic rings. The summed E-state index contributed by atoms with van der Waals surface area (Å²) >= 11 is 9.36. The number of hydrogen-bond acceptors (Lipinski definition) is 3. The van der Waals surface area contributed by atoms with Crippen LogP contribution in [0.2, 0.25) is 5.02 Å². The summed E-state index contributed by atoms with van der Waals surface area (Å²) in [5.74, 6) is -0.0510. The maximum Gasteiger partial charge on any atom is 0.228 e. The quantitative estimate of drug-likeness (QED) is 0.826. The molecule has 1 amide bonds. The van der Waals surface area contributed by atoms with Crippen LogP contribution in [0.5, 0.6) is 0 Å². The fraction of sp³-hybridized carbons (Fsp3) is 0.278. The molecule has 1 N–H and O–H groups in total. The number of hydrogen-bond donors (Lipinski definition) is 1. The molecule has 1 fully saturated rings. The smallest absolute Gasteiger partial charge is 0.228 e. The third kappa shape index (κ3) is 4.50. The lowest BCUT2D eigenvalue weighted by molar-refractivity contribution is -0.115. The van der Waals surface area contributed by atoms with E-state index in [9.17, 15) is 4.79 Å². The molecule has 0 aromatic heterocycles. The summed E-state index contributed by atoms with van der Waals surface area (Å²) in [5, 5.41) is 3.69. The molecule has 1 heterocycles. The fourth-order valence-corrected chi connectivity index (χ4v) is 3.16. The van der Waals surface area contributed by atoms with Crippen LogP contribution in [0.4, 0.5) is 11.4 Å². The highest BCUT2D eigenvalue weighted by Crippen LogP contribution is 2.30. The van der Waals surface area contributed by atoms with E-state index in [0.717, 1.165) is 34.5 Å². The topological polar surface area (TPSA) is 41.6 Å². The molecule has 24 heavy (non-hydrogen) atoms. The van der Waals surface area contributed by atoms with Crippen molar-refractivity contribution in [1.82, 2.24) is 0 Å². The van der Waals surface area contributed by atoms with Gasteiger partial charge >= 0.3 is 0 Å². The summed E-state index contributed by atoms with van der Waals surface area (Å²) in [4.78, 5) is 14.6. The largest absolute Gasteiger partial charge is 0.378 e. The van der Waals surface area contributed by atoms with Gasteiger partial charge in [0.05, 0.1) is 31.0 Å². The number of ether oxygens (including phenoxy) is 1. The Hall–Kier alpha value is -1.56. The lowest BCUT2D eigenvalue weighted by atomic mass is 10.1. The Balaban J connectivity index is 1.74. The number of rotatable bonds is 4. The Labute approximate surface area is 154 Å². The molecule has 0 atom stereocenters. The molecule has 6 heteroatoms. The first kappa shape index (κ1) is 17.3. The van der Waals surface area contributed by atoms with Crippen molar-refractivity contribution in [2.24, 2.45) is 0 Å². The lowest BCUT2D eigenvalue weighted by Gasteiger charge is -2.30. The van der Waals surface area contributed by atoms with Gasteiger partial charge in [-0.2, -0.15) is 0 Å². The summed E-state index contributed by atoms with van der Waals surface area (Å²) in [6.07, 6.45) is 0.312. The van der Waals surface area contributed by atoms with Crippen LogP contribution in [-0.4, -0.2) is 32.2 Å². The van der Waals surface area contributed by atoms with Gasteiger partial charge in [0.2, 0.25) is 5.91 Å². The van der Waals surface area contributed by atoms with Crippen LogP contribution in [0.1, 0.15) is 5.56 Å². The molecule has 0 saturated carbocycles. The first-order chi connectivity index (χ1) is 11.6. The molecular formula is C18H18BrClN2O2. The summed E-state index contributed by atoms with van der Waals surface area (Å²) in [5.41, 5.74) is 2.76. The van der Waals surface area contributed by atoms with Gasteiger partial charge in [-0.3, -0.25) is 4.79 Å². The van der Waals surface area contributed by atoms with E-state index in [2.05, 4.69) is 26.1 Å². The van der Waals surface area contributed by atoms with Crippen molar-refractivity contribution in [3.05, 3.63) is 57.5 Å². The Bertz CT molecular complexity index is 715. The van der Waals surface area contributed by atoms with E-state index in [-0.39, 0.29) is 5.91 Å². The van der Waals surface area contributed by atoms with E-state index in [1.54, 1.807) is 12.1 Å². The highest BCUT2D eigenvalue weighted by molar-refractivity contribution is 9.10. The van der Waals surface area contributed by atoms with Gasteiger partial charge in [0.1, 0.15) is 0 Å². The molecule has 126 valence electrons. The Kier molecular flexibility index (Phi) is 5.76. The predicted octanol–water partition coefficient (Wildman–Crippen LogP) is 4.12. The number of halogens is 2. The minimum Gasteiger partial charge on any atom is -0.378 e. The highest BCUT2D eigenvalue weighted by Gasteiger charge is 2.16. The van der Waals surface area contributed by atoms with E-state index in [4.69, 9.17) is 16.3 Å². The van der Waals surface area contributed by atoms with Crippen molar-refractivity contribution in [2.75, 3.05) is 36.5 Å². The van der Waals surface area contributed by atoms with E-state index in [1.807, 2.05) is 30.3 Å². The monoisotopic (exact) mass is 408 g/mol. The Morgan fingerprint density at radius 1 is 1.17 bits per heavy atom. The third-order valence-electron chi connectivity index (χ3n) is 3.86. The zero-order valence-corrected chi connectivity index (χ0v) is 15.4. The van der Waals surface area contributed by atoms with Crippen LogP contribution in [0.15, 0.2) is 46.9 Å². The van der Waals surface area contributed by atoms with Gasteiger partial charge in [0.25, 0.3) is 0 Å². The predicted molar refractivity (Wildman–Crippen MR) is 101 cm³/mol. The first-order valence-corrected chi connectivity index (χ1v) is 8.95. The molecule has 4 nitrogen and oxygen atoms in total. The van der Waals surface area contributed by atoms with E-state index < -0.39 is 0 Å². The third-order valence-corrected chi connectivity index (χ3v) is 4.61. The number of amides is 1. The maximum absolute atomic E-state index is 12.4. The molecule has 2 aromatic rings. The van der Waals surface area contributed by atoms with E-state index in [1.165, 1.54) is 0 Å². The van der Waals surface area contributed by atoms with Crippen molar-refractivity contribution in [2.45, 2.75) is 6.42 Å². The molecule has 0 unspecified atom stereocenters. The van der Waals surface area contributed by atoms with Gasteiger partial charge in [-0.15, -0.1) is 0 Å². The number of benzene rings is 2. The van der Waals surface area contributed by atoms with Crippen molar-refractivity contribution >= 4 is 44.8 Å². The standard InChI is InChI=1S/C18H18BrClN2O2/c19-14-3-6-17(22-7-9-24-10-8-22)16(12-14)21-18(23)11-13-1-4-15(20)5-2-13/h1-6,12H,7-11H2,(H,21,23). The normalized spacial score (nSPS) is 14.5. The van der Waals surface area contributed by atoms with E-state index >= 15 is 0 Å². The second-order valence-electron chi connectivity index (χ2n) is 5.61. The van der Waals surface area contributed by atoms with E-state index in [0.29, 0.717) is 24.7 Å². The van der Waals surface area contributed by atoms with Crippen LogP contribution < -0.4 is 10.2 Å². The van der Waals surface area contributed by atoms with Gasteiger partial charge < -0.3 is 15.0 Å². The number of anilines is 2. The number of nitrogens with zero attached hydrogens (tertiary/aromatic N) is 1. The van der Waals surface area contributed by atoms with Crippen LogP contribution in [0.25, 0.3) is 0 Å². The molecule has 2 aromatic carbocycles. The molecule has 0 spiro atoms. The van der Waals surface area contributed by atoms with Gasteiger partial charge in [0.15, 0.2) is 0 Å². The minimum atomic E-state index is -0.0510. The maximum atomic E-state index is 12.4. The molecule has 0 aliphatic carbocycles. The van der Waals surface area contributed by atoms with Crippen LogP contribution in [0.3, 0.4) is 0 Å². The Morgan fingerprint density at radius 2 is 1.88 bits per heavy atom. The summed E-state index contributed by atoms with van der Waals surface area (Å²) in [7, 11) is 0. The first-order valence-electron chi connectivity index (χ1n) is 7.78. The molecule has 1 aliphatic heterocycles. The number of morpholine rings is 1. The second-order valence-corrected chi connectivity index (χ2v) is 6.96. The van der Waals surface area contributed by atoms with Crippen molar-refractivity contribution in [3.8, 4) is 0 Å². The lowest BCUT2D eigenvalue weighted by Crippen LogP contribution is -2.36. The number of carbonyl (C=O) groups excluding carboxylic acids is 1. The van der Waals surface area contributed by atoms with Crippen molar-refractivity contribution in [3.63, 3.8) is 0 Å². The van der Waals surface area contributed by atoms with Gasteiger partial charge in [-0.05, 0) is 35.9 Å². The molecule has 0 radical (unpaired) electrons. The number of carbonyl (C=O) groups is 1. The average molecular weight is 410 g/mol. The van der Waals surface area contributed by atoms with Gasteiger partial charge in [0, 0.05) is 22.6 Å². The second kappa shape index (κ2) is 8.01. The summed E-state index contributed by atoms with van der Waals surface area (Å²) < 4.78 is 6.34. The van der Waals surface area contributed by atoms with Crippen molar-refractivity contribution in [1.29, 1.82) is 0 Å². The SMILES string of the molecule is O=C(Cc1ccc(Cl)cc1)Nc1cc(Br)ccc1N1CCOCC1. The highest BCUT2D eigenvalue weighted by atomic mass is 79.9. The Morgan fingerprint density at radius 3 is 2.58 bits per heavy atom. The fourth-order valence-electron chi connectivity index (χ4n) is 2.67. The molecular weight excluding hydrogens is 392 g/mol. The molecule has 0 bridgehead atoms. The zero-order valence-electron chi connectivity index (χ0n) is 13.1. The minimum absolute atomic E-state index is 0.0510. The zero-order chi connectivity index (χ0) is 16.9. The summed E-state index contributed by atoms with van der Waals surface area (Å²) in [6, 6.07) is 13.3.